The molecule has 2 aromatic rings. The number of ether oxygens (including phenoxy) is 4. The van der Waals surface area contributed by atoms with Crippen LogP contribution in [0.5, 0.6) is 5.88 Å². The highest BCUT2D eigenvalue weighted by molar-refractivity contribution is 5.91. The summed E-state index contributed by atoms with van der Waals surface area (Å²) in [5.41, 5.74) is 0.675. The first-order valence-electron chi connectivity index (χ1n) is 10.9. The van der Waals surface area contributed by atoms with Gasteiger partial charge in [-0.05, 0) is 6.42 Å². The van der Waals surface area contributed by atoms with Crippen molar-refractivity contribution in [3.8, 4) is 11.9 Å². The van der Waals surface area contributed by atoms with E-state index in [9.17, 15) is 9.90 Å². The number of aliphatic hydroxyl groups excluding tert-OH is 1. The number of rotatable bonds is 11. The van der Waals surface area contributed by atoms with Crippen LogP contribution in [0.2, 0.25) is 0 Å². The number of nitrogens with one attached hydrogen (secondary N) is 1. The second kappa shape index (κ2) is 11.3. The molecule has 1 fully saturated rings. The number of carbonyl (C=O) groups excluding carboxylic acids is 1. The molecule has 0 spiro atoms. The molecule has 0 saturated carbocycles. The Bertz CT molecular complexity index is 990. The summed E-state index contributed by atoms with van der Waals surface area (Å²) in [5.74, 6) is -0.370. The summed E-state index contributed by atoms with van der Waals surface area (Å²) in [6, 6.07) is 2.01. The van der Waals surface area contributed by atoms with Crippen LogP contribution in [0.25, 0.3) is 11.2 Å². The van der Waals surface area contributed by atoms with E-state index < -0.39 is 24.5 Å². The second-order valence-corrected chi connectivity index (χ2v) is 7.87. The maximum Gasteiger partial charge on any atom is 0.247 e. The minimum absolute atomic E-state index is 0.0392. The van der Waals surface area contributed by atoms with Gasteiger partial charge in [0.2, 0.25) is 17.7 Å². The molecule has 2 aromatic heterocycles. The monoisotopic (exact) mass is 462 g/mol. The maximum atomic E-state index is 12.2. The molecule has 0 aromatic carbocycles. The number of aromatic nitrogens is 4. The van der Waals surface area contributed by atoms with Crippen LogP contribution < -0.4 is 10.1 Å². The number of aliphatic hydroxyl groups is 1. The average Bonchev–Trinajstić information content (AvgIpc) is 3.35. The molecule has 3 rings (SSSR count). The van der Waals surface area contributed by atoms with Crippen molar-refractivity contribution < 1.29 is 28.8 Å². The molecule has 0 radical (unpaired) electrons. The van der Waals surface area contributed by atoms with Crippen molar-refractivity contribution in [3.63, 3.8) is 0 Å². The van der Waals surface area contributed by atoms with Gasteiger partial charge in [-0.3, -0.25) is 14.7 Å². The lowest BCUT2D eigenvalue weighted by Crippen LogP contribution is -2.34. The third-order valence-corrected chi connectivity index (χ3v) is 5.19. The van der Waals surface area contributed by atoms with Crippen LogP contribution in [0, 0.1) is 17.2 Å². The summed E-state index contributed by atoms with van der Waals surface area (Å²) in [5, 5.41) is 22.2. The van der Waals surface area contributed by atoms with Crippen LogP contribution in [0.15, 0.2) is 6.33 Å². The van der Waals surface area contributed by atoms with Crippen LogP contribution in [-0.2, 0) is 19.0 Å². The number of hydrogen-bond acceptors (Lipinski definition) is 10. The van der Waals surface area contributed by atoms with E-state index in [1.807, 2.05) is 13.0 Å². The summed E-state index contributed by atoms with van der Waals surface area (Å²) in [4.78, 5) is 25.4. The lowest BCUT2D eigenvalue weighted by atomic mass is 10.1. The molecule has 180 valence electrons. The molecule has 3 heterocycles. The van der Waals surface area contributed by atoms with E-state index in [4.69, 9.17) is 24.2 Å². The third kappa shape index (κ3) is 5.56. The predicted octanol–water partition coefficient (Wildman–Crippen LogP) is 1.41. The molecule has 1 amide bonds. The lowest BCUT2D eigenvalue weighted by Gasteiger charge is -2.22. The number of fused-ring (bicyclic) bond motifs is 1. The fourth-order valence-corrected chi connectivity index (χ4v) is 3.41. The first-order chi connectivity index (χ1) is 15.9. The number of amides is 1. The van der Waals surface area contributed by atoms with Gasteiger partial charge in [-0.25, -0.2) is 4.98 Å². The normalized spacial score (nSPS) is 22.6. The van der Waals surface area contributed by atoms with Gasteiger partial charge in [-0.1, -0.05) is 20.8 Å². The number of hydrogen-bond donors (Lipinski definition) is 2. The number of carbonyl (C=O) groups is 1. The smallest absolute Gasteiger partial charge is 0.247 e. The fraction of sp³-hybridized carbons (Fsp3) is 0.667. The van der Waals surface area contributed by atoms with Gasteiger partial charge in [-0.15, -0.1) is 0 Å². The Balaban J connectivity index is 2.01. The molecule has 4 atom stereocenters. The van der Waals surface area contributed by atoms with Crippen molar-refractivity contribution in [1.82, 2.24) is 19.5 Å². The van der Waals surface area contributed by atoms with Crippen molar-refractivity contribution in [1.29, 1.82) is 5.26 Å². The zero-order valence-electron chi connectivity index (χ0n) is 19.2. The molecular formula is C21H30N6O6. The van der Waals surface area contributed by atoms with E-state index in [2.05, 4.69) is 20.3 Å². The van der Waals surface area contributed by atoms with Gasteiger partial charge in [-0.2, -0.15) is 15.2 Å². The topological polar surface area (TPSA) is 154 Å². The maximum absolute atomic E-state index is 12.2. The van der Waals surface area contributed by atoms with Crippen LogP contribution >= 0.6 is 0 Å². The summed E-state index contributed by atoms with van der Waals surface area (Å²) in [6.07, 6.45) is -0.452. The van der Waals surface area contributed by atoms with E-state index in [0.29, 0.717) is 24.2 Å². The van der Waals surface area contributed by atoms with E-state index in [0.717, 1.165) is 0 Å². The molecule has 12 nitrogen and oxygen atoms in total. The summed E-state index contributed by atoms with van der Waals surface area (Å²) >= 11 is 0. The zero-order valence-corrected chi connectivity index (χ0v) is 19.2. The van der Waals surface area contributed by atoms with Crippen LogP contribution in [0.3, 0.4) is 0 Å². The Kier molecular flexibility index (Phi) is 8.51. The Morgan fingerprint density at radius 3 is 2.82 bits per heavy atom. The molecule has 33 heavy (non-hydrogen) atoms. The average molecular weight is 463 g/mol. The molecular weight excluding hydrogens is 432 g/mol. The molecule has 2 N–H and O–H groups in total. The van der Waals surface area contributed by atoms with Gasteiger partial charge in [0.25, 0.3) is 0 Å². The quantitative estimate of drug-likeness (QED) is 0.469. The Morgan fingerprint density at radius 2 is 2.15 bits per heavy atom. The summed E-state index contributed by atoms with van der Waals surface area (Å²) in [7, 11) is 1.57. The third-order valence-electron chi connectivity index (χ3n) is 5.19. The fourth-order valence-electron chi connectivity index (χ4n) is 3.41. The van der Waals surface area contributed by atoms with Gasteiger partial charge in [0.15, 0.2) is 17.4 Å². The van der Waals surface area contributed by atoms with Gasteiger partial charge in [0.05, 0.1) is 38.1 Å². The zero-order chi connectivity index (χ0) is 24.0. The first-order valence-corrected chi connectivity index (χ1v) is 10.9. The summed E-state index contributed by atoms with van der Waals surface area (Å²) in [6.45, 7) is 6.16. The minimum atomic E-state index is -0.859. The number of nitrogens with zero attached hydrogens (tertiary/aromatic N) is 5. The molecule has 12 heteroatoms. The Labute approximate surface area is 191 Å². The van der Waals surface area contributed by atoms with Crippen LogP contribution in [0.1, 0.15) is 39.8 Å². The highest BCUT2D eigenvalue weighted by atomic mass is 16.6. The molecule has 1 unspecified atom stereocenters. The highest BCUT2D eigenvalue weighted by Crippen LogP contribution is 2.36. The minimum Gasteiger partial charge on any atom is -0.475 e. The molecule has 1 aliphatic heterocycles. The van der Waals surface area contributed by atoms with Gasteiger partial charge < -0.3 is 24.1 Å². The van der Waals surface area contributed by atoms with Crippen molar-refractivity contribution >= 4 is 23.0 Å². The predicted molar refractivity (Wildman–Crippen MR) is 116 cm³/mol. The van der Waals surface area contributed by atoms with E-state index >= 15 is 0 Å². The number of anilines is 1. The molecule has 1 saturated heterocycles. The first kappa shape index (κ1) is 24.8. The number of methoxy groups -OCH3 is 1. The lowest BCUT2D eigenvalue weighted by molar-refractivity contribution is -0.118. The number of imidazole rings is 1. The van der Waals surface area contributed by atoms with Gasteiger partial charge in [0, 0.05) is 13.0 Å². The molecule has 0 bridgehead atoms. The SMILES string of the molecule is CC[C@H]1O[C@@H](n2cnc3c(OCCC#N)nc(NC(=O)C(C)C)nc32)[C@@H](OCCOC)C1O. The van der Waals surface area contributed by atoms with Crippen molar-refractivity contribution in [2.75, 3.05) is 32.2 Å². The van der Waals surface area contributed by atoms with Crippen molar-refractivity contribution in [3.05, 3.63) is 6.33 Å². The second-order valence-electron chi connectivity index (χ2n) is 7.87. The van der Waals surface area contributed by atoms with Crippen molar-refractivity contribution in [2.24, 2.45) is 5.92 Å². The van der Waals surface area contributed by atoms with Gasteiger partial charge >= 0.3 is 0 Å². The number of nitriles is 1. The molecule has 0 aliphatic carbocycles. The largest absolute Gasteiger partial charge is 0.475 e. The van der Waals surface area contributed by atoms with E-state index in [1.54, 1.807) is 25.5 Å². The highest BCUT2D eigenvalue weighted by Gasteiger charge is 2.45. The van der Waals surface area contributed by atoms with Crippen LogP contribution in [-0.4, -0.2) is 75.8 Å². The van der Waals surface area contributed by atoms with Crippen molar-refractivity contribution in [2.45, 2.75) is 58.2 Å². The Hall–Kier alpha value is -2.85. The summed E-state index contributed by atoms with van der Waals surface area (Å²) < 4.78 is 24.3. The molecule has 1 aliphatic rings. The van der Waals surface area contributed by atoms with E-state index in [1.165, 1.54) is 6.33 Å². The standard InChI is InChI=1S/C21H30N6O6/c1-5-13-15(28)16(31-10-9-30-4)20(33-13)27-11-23-14-17(27)24-21(25-18(29)12(2)3)26-19(14)32-8-6-7-22/h11-13,15-16,20,28H,5-6,8-10H2,1-4H3,(H,24,25,26,29)/t13-,15?,16+,20-/m1/s1. The van der Waals surface area contributed by atoms with E-state index in [-0.39, 0.29) is 43.3 Å². The van der Waals surface area contributed by atoms with Crippen LogP contribution in [0.4, 0.5) is 5.95 Å². The Morgan fingerprint density at radius 1 is 1.36 bits per heavy atom. The van der Waals surface area contributed by atoms with Gasteiger partial charge in [0.1, 0.15) is 18.8 Å².